The minimum Gasteiger partial charge on any atom is -0.258 e. The molecule has 1 aromatic rings. The van der Waals surface area contributed by atoms with Gasteiger partial charge >= 0.3 is 5.69 Å². The summed E-state index contributed by atoms with van der Waals surface area (Å²) in [6.07, 6.45) is 1.01. The second-order valence-corrected chi connectivity index (χ2v) is 5.28. The van der Waals surface area contributed by atoms with E-state index in [0.717, 1.165) is 12.3 Å². The van der Waals surface area contributed by atoms with Crippen LogP contribution in [0.4, 0.5) is 5.69 Å². The van der Waals surface area contributed by atoms with Crippen molar-refractivity contribution in [2.45, 2.75) is 11.8 Å². The lowest BCUT2D eigenvalue weighted by atomic mass is 10.4. The summed E-state index contributed by atoms with van der Waals surface area (Å²) >= 11 is 5.44. The summed E-state index contributed by atoms with van der Waals surface area (Å²) in [5, 5.41) is 10.2. The molecule has 6 nitrogen and oxygen atoms in total. The number of rotatable bonds is 3. The Morgan fingerprint density at radius 2 is 2.20 bits per heavy atom. The lowest BCUT2D eigenvalue weighted by Crippen LogP contribution is -2.05. The van der Waals surface area contributed by atoms with Crippen LogP contribution in [0.3, 0.4) is 0 Å². The van der Waals surface area contributed by atoms with Gasteiger partial charge in [-0.25, -0.2) is 13.4 Å². The van der Waals surface area contributed by atoms with Crippen LogP contribution in [-0.2, 0) is 9.84 Å². The molecule has 0 aliphatic heterocycles. The molecule has 0 bridgehead atoms. The number of aromatic nitrogens is 1. The highest BCUT2D eigenvalue weighted by Crippen LogP contribution is 2.24. The van der Waals surface area contributed by atoms with E-state index in [4.69, 9.17) is 11.6 Å². The van der Waals surface area contributed by atoms with E-state index in [1.165, 1.54) is 6.92 Å². The lowest BCUT2D eigenvalue weighted by molar-refractivity contribution is -0.385. The number of hydrogen-bond acceptors (Lipinski definition) is 5. The summed E-state index contributed by atoms with van der Waals surface area (Å²) < 4.78 is 22.8. The van der Waals surface area contributed by atoms with Crippen molar-refractivity contribution in [2.24, 2.45) is 0 Å². The van der Waals surface area contributed by atoms with Crippen LogP contribution in [0.25, 0.3) is 0 Å². The van der Waals surface area contributed by atoms with Gasteiger partial charge in [-0.15, -0.1) is 0 Å². The van der Waals surface area contributed by atoms with Gasteiger partial charge in [0.15, 0.2) is 9.84 Å². The van der Waals surface area contributed by atoms with Gasteiger partial charge in [0.2, 0.25) is 5.15 Å². The maximum atomic E-state index is 11.4. The Labute approximate surface area is 91.0 Å². The predicted molar refractivity (Wildman–Crippen MR) is 53.6 cm³/mol. The van der Waals surface area contributed by atoms with Crippen molar-refractivity contribution >= 4 is 27.1 Å². The summed E-state index contributed by atoms with van der Waals surface area (Å²) in [5.41, 5.74) is -0.508. The number of nitrogens with zero attached hydrogens (tertiary/aromatic N) is 2. The highest BCUT2D eigenvalue weighted by molar-refractivity contribution is 7.91. The zero-order valence-electron chi connectivity index (χ0n) is 7.68. The zero-order chi connectivity index (χ0) is 11.6. The van der Waals surface area contributed by atoms with Crippen LogP contribution in [0, 0.1) is 10.1 Å². The summed E-state index contributed by atoms with van der Waals surface area (Å²) in [5.74, 6) is -0.145. The molecule has 0 fully saturated rings. The van der Waals surface area contributed by atoms with Gasteiger partial charge in [-0.1, -0.05) is 18.5 Å². The number of pyridine rings is 1. The first-order valence-corrected chi connectivity index (χ1v) is 5.94. The smallest absolute Gasteiger partial charge is 0.258 e. The first-order valence-electron chi connectivity index (χ1n) is 3.91. The lowest BCUT2D eigenvalue weighted by Gasteiger charge is -2.00. The van der Waals surface area contributed by atoms with E-state index in [9.17, 15) is 18.5 Å². The Morgan fingerprint density at radius 1 is 1.60 bits per heavy atom. The van der Waals surface area contributed by atoms with E-state index in [-0.39, 0.29) is 15.8 Å². The average Bonchev–Trinajstić information content (AvgIpc) is 2.17. The standard InChI is InChI=1S/C7H7ClN2O4S/c1-2-15(13,14)5-3-6(10(11)12)7(8)9-4-5/h3-4H,2H2,1H3. The van der Waals surface area contributed by atoms with Crippen LogP contribution < -0.4 is 0 Å². The van der Waals surface area contributed by atoms with Crippen molar-refractivity contribution < 1.29 is 13.3 Å². The third-order valence-corrected chi connectivity index (χ3v) is 3.72. The molecule has 0 aromatic carbocycles. The van der Waals surface area contributed by atoms with Crippen LogP contribution in [0.5, 0.6) is 0 Å². The van der Waals surface area contributed by atoms with Gasteiger partial charge < -0.3 is 0 Å². The van der Waals surface area contributed by atoms with E-state index in [0.29, 0.717) is 0 Å². The molecule has 0 atom stereocenters. The topological polar surface area (TPSA) is 90.2 Å². The summed E-state index contributed by atoms with van der Waals surface area (Å²) in [7, 11) is -3.50. The largest absolute Gasteiger partial charge is 0.307 e. The Morgan fingerprint density at radius 3 is 2.67 bits per heavy atom. The summed E-state index contributed by atoms with van der Waals surface area (Å²) in [4.78, 5) is 13.0. The second kappa shape index (κ2) is 4.11. The van der Waals surface area contributed by atoms with Gasteiger partial charge in [0.1, 0.15) is 0 Å². The summed E-state index contributed by atoms with van der Waals surface area (Å²) in [6, 6.07) is 0.911. The Hall–Kier alpha value is -1.21. The molecular formula is C7H7ClN2O4S. The van der Waals surface area contributed by atoms with Gasteiger partial charge in [-0.2, -0.15) is 0 Å². The van der Waals surface area contributed by atoms with Crippen molar-refractivity contribution in [3.05, 3.63) is 27.5 Å². The number of nitro groups is 1. The van der Waals surface area contributed by atoms with Crippen LogP contribution in [-0.4, -0.2) is 24.1 Å². The normalized spacial score (nSPS) is 11.3. The van der Waals surface area contributed by atoms with Crippen molar-refractivity contribution in [3.63, 3.8) is 0 Å². The number of hydrogen-bond donors (Lipinski definition) is 0. The Bertz CT molecular complexity index is 500. The number of halogens is 1. The van der Waals surface area contributed by atoms with Crippen molar-refractivity contribution in [3.8, 4) is 0 Å². The van der Waals surface area contributed by atoms with Crippen LogP contribution in [0.1, 0.15) is 6.92 Å². The molecule has 0 saturated carbocycles. The van der Waals surface area contributed by atoms with Gasteiger partial charge in [0.05, 0.1) is 15.6 Å². The molecule has 82 valence electrons. The summed E-state index contributed by atoms with van der Waals surface area (Å²) in [6.45, 7) is 1.44. The molecule has 0 aliphatic rings. The third kappa shape index (κ3) is 2.42. The third-order valence-electron chi connectivity index (χ3n) is 1.73. The average molecular weight is 251 g/mol. The maximum absolute atomic E-state index is 11.4. The van der Waals surface area contributed by atoms with E-state index >= 15 is 0 Å². The molecule has 1 heterocycles. The van der Waals surface area contributed by atoms with E-state index in [1.54, 1.807) is 0 Å². The minimum absolute atomic E-state index is 0.145. The molecule has 0 aliphatic carbocycles. The van der Waals surface area contributed by atoms with Gasteiger partial charge in [-0.3, -0.25) is 10.1 Å². The predicted octanol–water partition coefficient (Wildman–Crippen LogP) is 1.44. The quantitative estimate of drug-likeness (QED) is 0.460. The molecule has 1 aromatic heterocycles. The van der Waals surface area contributed by atoms with Gasteiger partial charge in [0, 0.05) is 12.3 Å². The van der Waals surface area contributed by atoms with Gasteiger partial charge in [-0.05, 0) is 0 Å². The molecule has 0 N–H and O–H groups in total. The van der Waals surface area contributed by atoms with Crippen molar-refractivity contribution in [1.29, 1.82) is 0 Å². The molecular weight excluding hydrogens is 244 g/mol. The highest BCUT2D eigenvalue weighted by atomic mass is 35.5. The first kappa shape index (κ1) is 11.9. The van der Waals surface area contributed by atoms with Crippen LogP contribution in [0.2, 0.25) is 5.15 Å². The van der Waals surface area contributed by atoms with E-state index < -0.39 is 20.4 Å². The Balaban J connectivity index is 3.38. The Kier molecular flexibility index (Phi) is 3.25. The molecule has 0 amide bonds. The molecule has 8 heteroatoms. The number of sulfone groups is 1. The van der Waals surface area contributed by atoms with Crippen LogP contribution >= 0.6 is 11.6 Å². The van der Waals surface area contributed by atoms with Crippen molar-refractivity contribution in [1.82, 2.24) is 4.98 Å². The monoisotopic (exact) mass is 250 g/mol. The highest BCUT2D eigenvalue weighted by Gasteiger charge is 2.20. The molecule has 15 heavy (non-hydrogen) atoms. The molecule has 0 spiro atoms. The first-order chi connectivity index (χ1) is 6.88. The molecule has 1 rings (SSSR count). The zero-order valence-corrected chi connectivity index (χ0v) is 9.25. The second-order valence-electron chi connectivity index (χ2n) is 2.64. The van der Waals surface area contributed by atoms with Crippen LogP contribution in [0.15, 0.2) is 17.2 Å². The fourth-order valence-electron chi connectivity index (χ4n) is 0.883. The maximum Gasteiger partial charge on any atom is 0.307 e. The van der Waals surface area contributed by atoms with E-state index in [2.05, 4.69) is 4.98 Å². The fraction of sp³-hybridized carbons (Fsp3) is 0.286. The molecule has 0 saturated heterocycles. The van der Waals surface area contributed by atoms with Crippen molar-refractivity contribution in [2.75, 3.05) is 5.75 Å². The fourth-order valence-corrected chi connectivity index (χ4v) is 1.89. The molecule has 0 radical (unpaired) electrons. The minimum atomic E-state index is -3.50. The molecule has 0 unspecified atom stereocenters. The van der Waals surface area contributed by atoms with E-state index in [1.807, 2.05) is 0 Å². The van der Waals surface area contributed by atoms with Gasteiger partial charge in [0.25, 0.3) is 0 Å². The SMILES string of the molecule is CCS(=O)(=O)c1cnc(Cl)c([N+](=O)[O-])c1.